The van der Waals surface area contributed by atoms with Crippen molar-refractivity contribution in [2.24, 2.45) is 4.99 Å². The van der Waals surface area contributed by atoms with Crippen LogP contribution in [0.1, 0.15) is 22.3 Å². The number of hydrogen-bond acceptors (Lipinski definition) is 5. The molecule has 0 radical (unpaired) electrons. The predicted octanol–water partition coefficient (Wildman–Crippen LogP) is 3.38. The Morgan fingerprint density at radius 2 is 1.88 bits per heavy atom. The molecule has 4 rings (SSSR count). The summed E-state index contributed by atoms with van der Waals surface area (Å²) in [5.74, 6) is 1.12. The van der Waals surface area contributed by atoms with Crippen molar-refractivity contribution in [2.45, 2.75) is 13.8 Å². The molecule has 0 spiro atoms. The Balaban J connectivity index is 1.68. The summed E-state index contributed by atoms with van der Waals surface area (Å²) in [4.78, 5) is 16.4. The minimum atomic E-state index is -0.456. The molecule has 5 heteroatoms. The topological polar surface area (TPSA) is 57.1 Å². The first-order valence-corrected chi connectivity index (χ1v) is 7.60. The van der Waals surface area contributed by atoms with Gasteiger partial charge in [-0.15, -0.1) is 0 Å². The highest BCUT2D eigenvalue weighted by Crippen LogP contribution is 2.33. The molecule has 0 aromatic heterocycles. The van der Waals surface area contributed by atoms with E-state index >= 15 is 0 Å². The van der Waals surface area contributed by atoms with Crippen LogP contribution in [-0.2, 0) is 9.53 Å². The zero-order valence-electron chi connectivity index (χ0n) is 13.3. The Morgan fingerprint density at radius 1 is 1.04 bits per heavy atom. The van der Waals surface area contributed by atoms with E-state index in [0.29, 0.717) is 17.1 Å². The average Bonchev–Trinajstić information content (AvgIpc) is 3.16. The molecule has 5 nitrogen and oxygen atoms in total. The van der Waals surface area contributed by atoms with Gasteiger partial charge in [0.1, 0.15) is 0 Å². The van der Waals surface area contributed by atoms with Crippen LogP contribution < -0.4 is 9.47 Å². The fourth-order valence-corrected chi connectivity index (χ4v) is 2.70. The van der Waals surface area contributed by atoms with Gasteiger partial charge in [-0.1, -0.05) is 23.8 Å². The predicted molar refractivity (Wildman–Crippen MR) is 89.1 cm³/mol. The summed E-state index contributed by atoms with van der Waals surface area (Å²) in [5.41, 5.74) is 4.17. The third-order valence-electron chi connectivity index (χ3n) is 3.96. The van der Waals surface area contributed by atoms with Crippen LogP contribution in [0.25, 0.3) is 6.08 Å². The van der Waals surface area contributed by atoms with E-state index in [0.717, 1.165) is 11.1 Å². The number of ether oxygens (including phenoxy) is 3. The first kappa shape index (κ1) is 14.5. The van der Waals surface area contributed by atoms with Gasteiger partial charge in [0.05, 0.1) is 0 Å². The van der Waals surface area contributed by atoms with Gasteiger partial charge in [0.15, 0.2) is 17.2 Å². The molecule has 2 aromatic carbocycles. The highest BCUT2D eigenvalue weighted by Gasteiger charge is 2.26. The van der Waals surface area contributed by atoms with Crippen molar-refractivity contribution < 1.29 is 19.0 Å². The molecule has 2 heterocycles. The van der Waals surface area contributed by atoms with Crippen LogP contribution in [0.15, 0.2) is 47.1 Å². The Hall–Kier alpha value is -3.08. The largest absolute Gasteiger partial charge is 0.454 e. The van der Waals surface area contributed by atoms with Crippen molar-refractivity contribution in [3.05, 3.63) is 64.3 Å². The van der Waals surface area contributed by atoms with Gasteiger partial charge >= 0.3 is 5.97 Å². The number of rotatable bonds is 2. The average molecular weight is 321 g/mol. The number of fused-ring (bicyclic) bond motifs is 1. The van der Waals surface area contributed by atoms with Gasteiger partial charge in [-0.25, -0.2) is 9.79 Å². The lowest BCUT2D eigenvalue weighted by molar-refractivity contribution is -0.129. The highest BCUT2D eigenvalue weighted by atomic mass is 16.7. The van der Waals surface area contributed by atoms with Gasteiger partial charge in [0, 0.05) is 5.56 Å². The molecule has 2 aliphatic heterocycles. The number of carbonyl (C=O) groups is 1. The number of aryl methyl sites for hydroxylation is 2. The first-order valence-electron chi connectivity index (χ1n) is 7.60. The summed E-state index contributed by atoms with van der Waals surface area (Å²) in [6.45, 7) is 4.23. The van der Waals surface area contributed by atoms with E-state index in [1.165, 1.54) is 5.56 Å². The first-order chi connectivity index (χ1) is 11.6. The van der Waals surface area contributed by atoms with Crippen molar-refractivity contribution in [3.8, 4) is 11.5 Å². The lowest BCUT2D eigenvalue weighted by Crippen LogP contribution is -2.05. The molecule has 2 aliphatic rings. The van der Waals surface area contributed by atoms with E-state index in [-0.39, 0.29) is 18.4 Å². The summed E-state index contributed by atoms with van der Waals surface area (Å²) in [5, 5.41) is 0. The maximum absolute atomic E-state index is 12.1. The second kappa shape index (κ2) is 5.53. The van der Waals surface area contributed by atoms with Crippen molar-refractivity contribution >= 4 is 17.9 Å². The molecule has 0 atom stereocenters. The van der Waals surface area contributed by atoms with Gasteiger partial charge in [-0.05, 0) is 49.2 Å². The third-order valence-corrected chi connectivity index (χ3v) is 3.96. The van der Waals surface area contributed by atoms with Crippen LogP contribution in [-0.4, -0.2) is 18.7 Å². The molecule has 0 fully saturated rings. The van der Waals surface area contributed by atoms with Crippen molar-refractivity contribution in [3.63, 3.8) is 0 Å². The number of aliphatic imine (C=N–C) groups is 1. The van der Waals surface area contributed by atoms with E-state index in [9.17, 15) is 4.79 Å². The van der Waals surface area contributed by atoms with Crippen LogP contribution in [0.5, 0.6) is 11.5 Å². The molecule has 24 heavy (non-hydrogen) atoms. The molecule has 120 valence electrons. The highest BCUT2D eigenvalue weighted by molar-refractivity contribution is 6.13. The monoisotopic (exact) mass is 321 g/mol. The maximum Gasteiger partial charge on any atom is 0.363 e. The maximum atomic E-state index is 12.1. The smallest absolute Gasteiger partial charge is 0.363 e. The number of benzene rings is 2. The molecule has 0 amide bonds. The Morgan fingerprint density at radius 3 is 2.71 bits per heavy atom. The normalized spacial score (nSPS) is 17.2. The van der Waals surface area contributed by atoms with Crippen molar-refractivity contribution in [1.82, 2.24) is 0 Å². The minimum Gasteiger partial charge on any atom is -0.454 e. The molecule has 0 unspecified atom stereocenters. The molecular formula is C19H15NO4. The van der Waals surface area contributed by atoms with Crippen LogP contribution in [0, 0.1) is 13.8 Å². The number of hydrogen-bond donors (Lipinski definition) is 0. The number of carbonyl (C=O) groups excluding carboxylic acids is 1. The van der Waals surface area contributed by atoms with E-state index < -0.39 is 5.97 Å². The fraction of sp³-hybridized carbons (Fsp3) is 0.158. The zero-order valence-corrected chi connectivity index (χ0v) is 13.3. The second-order valence-corrected chi connectivity index (χ2v) is 5.76. The third kappa shape index (κ3) is 2.54. The number of nitrogens with zero attached hydrogens (tertiary/aromatic N) is 1. The van der Waals surface area contributed by atoms with E-state index in [2.05, 4.69) is 11.1 Å². The lowest BCUT2D eigenvalue weighted by Gasteiger charge is -2.01. The molecule has 0 saturated heterocycles. The Bertz CT molecular complexity index is 912. The van der Waals surface area contributed by atoms with Gasteiger partial charge in [-0.2, -0.15) is 0 Å². The van der Waals surface area contributed by atoms with Gasteiger partial charge < -0.3 is 14.2 Å². The fourth-order valence-electron chi connectivity index (χ4n) is 2.70. The van der Waals surface area contributed by atoms with Crippen LogP contribution in [0.2, 0.25) is 0 Å². The van der Waals surface area contributed by atoms with Gasteiger partial charge in [0.25, 0.3) is 0 Å². The van der Waals surface area contributed by atoms with Gasteiger partial charge in [-0.3, -0.25) is 0 Å². The summed E-state index contributed by atoms with van der Waals surface area (Å²) in [6.07, 6.45) is 1.75. The molecular weight excluding hydrogens is 306 g/mol. The van der Waals surface area contributed by atoms with Crippen LogP contribution in [0.4, 0.5) is 0 Å². The summed E-state index contributed by atoms with van der Waals surface area (Å²) >= 11 is 0. The molecule has 0 saturated carbocycles. The molecule has 0 bridgehead atoms. The Kier molecular flexibility index (Phi) is 3.34. The molecule has 0 aliphatic carbocycles. The number of cyclic esters (lactones) is 1. The summed E-state index contributed by atoms with van der Waals surface area (Å²) in [7, 11) is 0. The summed E-state index contributed by atoms with van der Waals surface area (Å²) in [6, 6.07) is 11.4. The minimum absolute atomic E-state index is 0.197. The zero-order chi connectivity index (χ0) is 16.7. The van der Waals surface area contributed by atoms with E-state index in [4.69, 9.17) is 14.2 Å². The summed E-state index contributed by atoms with van der Waals surface area (Å²) < 4.78 is 15.9. The van der Waals surface area contributed by atoms with E-state index in [1.807, 2.05) is 26.0 Å². The molecule has 0 N–H and O–H groups in total. The second-order valence-electron chi connectivity index (χ2n) is 5.76. The van der Waals surface area contributed by atoms with Crippen LogP contribution >= 0.6 is 0 Å². The quantitative estimate of drug-likeness (QED) is 0.628. The lowest BCUT2D eigenvalue weighted by atomic mass is 10.0. The van der Waals surface area contributed by atoms with Crippen molar-refractivity contribution in [2.75, 3.05) is 6.79 Å². The SMILES string of the molecule is Cc1ccc(/C=C2\N=C(c3ccc4c(c3)OCO4)OC2=O)c(C)c1. The Labute approximate surface area is 139 Å². The standard InChI is InChI=1S/C19H15NO4/c1-11-3-4-13(12(2)7-11)8-15-19(21)24-18(20-15)14-5-6-16-17(9-14)23-10-22-16/h3-9H,10H2,1-2H3/b15-8-. The number of esters is 1. The van der Waals surface area contributed by atoms with Crippen molar-refractivity contribution in [1.29, 1.82) is 0 Å². The van der Waals surface area contributed by atoms with E-state index in [1.54, 1.807) is 24.3 Å². The van der Waals surface area contributed by atoms with Crippen LogP contribution in [0.3, 0.4) is 0 Å². The van der Waals surface area contributed by atoms with Gasteiger partial charge in [0.2, 0.25) is 12.7 Å². The molecule has 2 aromatic rings.